The number of ether oxygens (including phenoxy) is 2. The lowest BCUT2D eigenvalue weighted by molar-refractivity contribution is -0.140. The standard InChI is InChI=1S/C26H37N3O5S/c1-2-3-4-10-22-17-27-13-14-28(22)26(30)20-34-19-23-18-33-16-15-29(23)35(31,32)25-12-7-9-21-8-5-6-11-24(21)25/h5-9,11-12,22-23,27H,2-4,10,13-20H2,1H3/t22?,23-/m0/s1. The van der Waals surface area contributed by atoms with E-state index in [4.69, 9.17) is 9.47 Å². The van der Waals surface area contributed by atoms with Gasteiger partial charge in [-0.2, -0.15) is 4.31 Å². The van der Waals surface area contributed by atoms with Crippen molar-refractivity contribution in [1.82, 2.24) is 14.5 Å². The SMILES string of the molecule is CCCCCC1CNCCN1C(=O)COC[C@@H]1COCCN1S(=O)(=O)c1cccc2ccccc12. The average molecular weight is 504 g/mol. The van der Waals surface area contributed by atoms with Crippen LogP contribution >= 0.6 is 0 Å². The Kier molecular flexibility index (Phi) is 9.13. The van der Waals surface area contributed by atoms with Gasteiger partial charge in [0.05, 0.1) is 30.8 Å². The van der Waals surface area contributed by atoms with E-state index in [1.54, 1.807) is 12.1 Å². The van der Waals surface area contributed by atoms with Crippen LogP contribution in [0.15, 0.2) is 47.4 Å². The Hall–Kier alpha value is -2.04. The molecule has 0 aliphatic carbocycles. The molecule has 35 heavy (non-hydrogen) atoms. The highest BCUT2D eigenvalue weighted by molar-refractivity contribution is 7.89. The summed E-state index contributed by atoms with van der Waals surface area (Å²) in [4.78, 5) is 15.2. The summed E-state index contributed by atoms with van der Waals surface area (Å²) in [6.07, 6.45) is 4.41. The van der Waals surface area contributed by atoms with Crippen molar-refractivity contribution in [3.8, 4) is 0 Å². The highest BCUT2D eigenvalue weighted by Gasteiger charge is 2.35. The van der Waals surface area contributed by atoms with E-state index in [2.05, 4.69) is 12.2 Å². The minimum atomic E-state index is -3.76. The van der Waals surface area contributed by atoms with Gasteiger partial charge in [-0.3, -0.25) is 4.79 Å². The van der Waals surface area contributed by atoms with E-state index >= 15 is 0 Å². The van der Waals surface area contributed by atoms with Crippen LogP contribution in [-0.4, -0.2) is 88.2 Å². The lowest BCUT2D eigenvalue weighted by Gasteiger charge is -2.37. The van der Waals surface area contributed by atoms with E-state index in [0.717, 1.165) is 44.2 Å². The Labute approximate surface area is 208 Å². The lowest BCUT2D eigenvalue weighted by atomic mass is 10.0. The molecule has 1 unspecified atom stereocenters. The molecule has 2 fully saturated rings. The van der Waals surface area contributed by atoms with Crippen molar-refractivity contribution in [1.29, 1.82) is 0 Å². The maximum atomic E-state index is 13.7. The van der Waals surface area contributed by atoms with Crippen LogP contribution in [0.25, 0.3) is 10.8 Å². The number of sulfonamides is 1. The number of nitrogens with zero attached hydrogens (tertiary/aromatic N) is 2. The highest BCUT2D eigenvalue weighted by atomic mass is 32.2. The molecular formula is C26H37N3O5S. The third kappa shape index (κ3) is 6.21. The second-order valence-electron chi connectivity index (χ2n) is 9.28. The van der Waals surface area contributed by atoms with E-state index in [9.17, 15) is 13.2 Å². The Morgan fingerprint density at radius 1 is 1.11 bits per heavy atom. The van der Waals surface area contributed by atoms with Crippen molar-refractivity contribution >= 4 is 26.7 Å². The number of morpholine rings is 1. The van der Waals surface area contributed by atoms with Gasteiger partial charge in [-0.05, 0) is 17.9 Å². The second kappa shape index (κ2) is 12.3. The summed E-state index contributed by atoms with van der Waals surface area (Å²) in [5.74, 6) is -0.0341. The van der Waals surface area contributed by atoms with E-state index in [1.165, 1.54) is 4.31 Å². The predicted molar refractivity (Wildman–Crippen MR) is 136 cm³/mol. The van der Waals surface area contributed by atoms with Gasteiger partial charge >= 0.3 is 0 Å². The van der Waals surface area contributed by atoms with E-state index in [-0.39, 0.29) is 43.2 Å². The first-order valence-corrected chi connectivity index (χ1v) is 14.1. The zero-order chi connectivity index (χ0) is 24.7. The van der Waals surface area contributed by atoms with Crippen molar-refractivity contribution < 1.29 is 22.7 Å². The third-order valence-electron chi connectivity index (χ3n) is 6.86. The van der Waals surface area contributed by atoms with Crippen LogP contribution in [0.3, 0.4) is 0 Å². The number of benzene rings is 2. The molecule has 0 radical (unpaired) electrons. The molecular weight excluding hydrogens is 466 g/mol. The molecule has 2 saturated heterocycles. The first kappa shape index (κ1) is 26.0. The number of rotatable bonds is 10. The molecule has 2 aliphatic rings. The van der Waals surface area contributed by atoms with Gasteiger partial charge in [-0.25, -0.2) is 8.42 Å². The van der Waals surface area contributed by atoms with Crippen molar-refractivity contribution in [2.75, 3.05) is 52.6 Å². The fourth-order valence-electron chi connectivity index (χ4n) is 4.98. The topological polar surface area (TPSA) is 88.2 Å². The maximum Gasteiger partial charge on any atom is 0.248 e. The summed E-state index contributed by atoms with van der Waals surface area (Å²) < 4.78 is 40.2. The Morgan fingerprint density at radius 2 is 1.94 bits per heavy atom. The van der Waals surface area contributed by atoms with Crippen LogP contribution in [0.1, 0.15) is 32.6 Å². The summed E-state index contributed by atoms with van der Waals surface area (Å²) in [6, 6.07) is 12.5. The van der Waals surface area contributed by atoms with Crippen molar-refractivity contribution in [3.63, 3.8) is 0 Å². The third-order valence-corrected chi connectivity index (χ3v) is 8.87. The van der Waals surface area contributed by atoms with Gasteiger partial charge in [-0.1, -0.05) is 62.6 Å². The van der Waals surface area contributed by atoms with Crippen LogP contribution < -0.4 is 5.32 Å². The number of carbonyl (C=O) groups is 1. The van der Waals surface area contributed by atoms with Gasteiger partial charge in [0.25, 0.3) is 0 Å². The fourth-order valence-corrected chi connectivity index (χ4v) is 6.77. The number of carbonyl (C=O) groups excluding carboxylic acids is 1. The number of unbranched alkanes of at least 4 members (excludes halogenated alkanes) is 2. The van der Waals surface area contributed by atoms with Crippen molar-refractivity contribution in [2.45, 2.75) is 49.6 Å². The van der Waals surface area contributed by atoms with Crippen LogP contribution in [0, 0.1) is 0 Å². The minimum Gasteiger partial charge on any atom is -0.378 e. The lowest BCUT2D eigenvalue weighted by Crippen LogP contribution is -2.55. The number of amides is 1. The number of nitrogens with one attached hydrogen (secondary N) is 1. The van der Waals surface area contributed by atoms with Gasteiger partial charge in [0.1, 0.15) is 6.61 Å². The van der Waals surface area contributed by atoms with E-state index in [0.29, 0.717) is 18.5 Å². The molecule has 1 N–H and O–H groups in total. The Bertz CT molecular complexity index is 1090. The van der Waals surface area contributed by atoms with Gasteiger partial charge in [0.2, 0.25) is 15.9 Å². The molecule has 192 valence electrons. The zero-order valence-corrected chi connectivity index (χ0v) is 21.3. The molecule has 2 aromatic carbocycles. The fraction of sp³-hybridized carbons (Fsp3) is 0.577. The highest BCUT2D eigenvalue weighted by Crippen LogP contribution is 2.28. The summed E-state index contributed by atoms with van der Waals surface area (Å²) in [6.45, 7) is 5.33. The summed E-state index contributed by atoms with van der Waals surface area (Å²) >= 11 is 0. The molecule has 2 aliphatic heterocycles. The Balaban J connectivity index is 1.40. The molecule has 2 heterocycles. The number of piperazine rings is 1. The van der Waals surface area contributed by atoms with Crippen LogP contribution in [0.2, 0.25) is 0 Å². The number of hydrogen-bond acceptors (Lipinski definition) is 6. The number of fused-ring (bicyclic) bond motifs is 1. The molecule has 0 spiro atoms. The monoisotopic (exact) mass is 503 g/mol. The first-order chi connectivity index (χ1) is 17.0. The smallest absolute Gasteiger partial charge is 0.248 e. The molecule has 9 heteroatoms. The van der Waals surface area contributed by atoms with Crippen LogP contribution in [0.5, 0.6) is 0 Å². The zero-order valence-electron chi connectivity index (χ0n) is 20.5. The molecule has 2 atom stereocenters. The maximum absolute atomic E-state index is 13.7. The molecule has 0 aromatic heterocycles. The molecule has 0 bridgehead atoms. The molecule has 2 aromatic rings. The van der Waals surface area contributed by atoms with Crippen molar-refractivity contribution in [2.24, 2.45) is 0 Å². The van der Waals surface area contributed by atoms with Gasteiger partial charge in [-0.15, -0.1) is 0 Å². The normalized spacial score (nSPS) is 21.9. The van der Waals surface area contributed by atoms with Gasteiger partial charge in [0.15, 0.2) is 0 Å². The van der Waals surface area contributed by atoms with E-state index in [1.807, 2.05) is 35.2 Å². The summed E-state index contributed by atoms with van der Waals surface area (Å²) in [5.41, 5.74) is 0. The molecule has 8 nitrogen and oxygen atoms in total. The van der Waals surface area contributed by atoms with E-state index < -0.39 is 16.1 Å². The summed E-state index contributed by atoms with van der Waals surface area (Å²) in [5, 5.41) is 4.96. The summed E-state index contributed by atoms with van der Waals surface area (Å²) in [7, 11) is -3.76. The molecule has 1 amide bonds. The van der Waals surface area contributed by atoms with Crippen molar-refractivity contribution in [3.05, 3.63) is 42.5 Å². The predicted octanol–water partition coefficient (Wildman–Crippen LogP) is 2.63. The minimum absolute atomic E-state index is 0.0341. The Morgan fingerprint density at radius 3 is 2.80 bits per heavy atom. The first-order valence-electron chi connectivity index (χ1n) is 12.7. The molecule has 0 saturated carbocycles. The van der Waals surface area contributed by atoms with Crippen LogP contribution in [-0.2, 0) is 24.3 Å². The van der Waals surface area contributed by atoms with Gasteiger partial charge < -0.3 is 19.7 Å². The average Bonchev–Trinajstić information content (AvgIpc) is 2.89. The van der Waals surface area contributed by atoms with Gasteiger partial charge in [0, 0.05) is 37.6 Å². The molecule has 4 rings (SSSR count). The number of hydrogen-bond donors (Lipinski definition) is 1. The largest absolute Gasteiger partial charge is 0.378 e. The second-order valence-corrected chi connectivity index (χ2v) is 11.1. The van der Waals surface area contributed by atoms with Crippen LogP contribution in [0.4, 0.5) is 0 Å². The quantitative estimate of drug-likeness (QED) is 0.502.